The Balaban J connectivity index is 2.58. The lowest BCUT2D eigenvalue weighted by atomic mass is 10.0. The molecule has 2 radical (unpaired) electrons. The van der Waals surface area contributed by atoms with Crippen LogP contribution in [-0.2, 0) is 12.7 Å². The summed E-state index contributed by atoms with van der Waals surface area (Å²) < 4.78 is 0. The fourth-order valence-corrected chi connectivity index (χ4v) is 1.91. The van der Waals surface area contributed by atoms with Crippen molar-refractivity contribution in [2.45, 2.75) is 26.6 Å². The van der Waals surface area contributed by atoms with Crippen LogP contribution in [0.25, 0.3) is 0 Å². The Labute approximate surface area is 73.3 Å². The molecule has 0 aromatic carbocycles. The lowest BCUT2D eigenvalue weighted by Crippen LogP contribution is -1.93. The second-order valence-corrected chi connectivity index (χ2v) is 3.98. The van der Waals surface area contributed by atoms with E-state index in [0.29, 0.717) is 12.2 Å². The molecule has 0 saturated carbocycles. The van der Waals surface area contributed by atoms with E-state index in [1.165, 1.54) is 5.01 Å². The first kappa shape index (κ1) is 8.79. The highest BCUT2D eigenvalue weighted by atomic mass is 32.1. The summed E-state index contributed by atoms with van der Waals surface area (Å²) in [6.07, 6.45) is 1.64. The molecular weight excluding hydrogens is 153 g/mol. The Bertz CT molecular complexity index is 220. The average molecular weight is 165 g/mol. The van der Waals surface area contributed by atoms with Gasteiger partial charge < -0.3 is 0 Å². The predicted molar refractivity (Wildman–Crippen MR) is 50.1 cm³/mol. The normalized spacial score (nSPS) is 10.8. The van der Waals surface area contributed by atoms with Crippen molar-refractivity contribution < 1.29 is 0 Å². The number of hydrogen-bond acceptors (Lipinski definition) is 2. The van der Waals surface area contributed by atoms with E-state index in [0.717, 1.165) is 12.1 Å². The monoisotopic (exact) mass is 165 g/mol. The van der Waals surface area contributed by atoms with E-state index in [1.54, 1.807) is 11.3 Å². The molecule has 1 aromatic heterocycles. The van der Waals surface area contributed by atoms with Crippen molar-refractivity contribution in [1.82, 2.24) is 4.98 Å². The van der Waals surface area contributed by atoms with Crippen LogP contribution >= 0.6 is 11.3 Å². The molecule has 0 unspecified atom stereocenters. The maximum atomic E-state index is 5.44. The van der Waals surface area contributed by atoms with Gasteiger partial charge in [-0.25, -0.2) is 4.98 Å². The third kappa shape index (κ3) is 2.66. The number of aromatic nitrogens is 1. The minimum atomic E-state index is 0.564. The largest absolute Gasteiger partial charge is 0.247 e. The molecule has 1 nitrogen and oxygen atoms in total. The van der Waals surface area contributed by atoms with E-state index in [-0.39, 0.29) is 0 Å². The SMILES string of the molecule is [B]Cc1csc(CC(C)C)n1. The predicted octanol–water partition coefficient (Wildman–Crippen LogP) is 2.01. The van der Waals surface area contributed by atoms with Crippen LogP contribution in [0.1, 0.15) is 24.5 Å². The number of hydrogen-bond donors (Lipinski definition) is 0. The van der Waals surface area contributed by atoms with Gasteiger partial charge in [-0.1, -0.05) is 13.8 Å². The van der Waals surface area contributed by atoms with Gasteiger partial charge in [-0.15, -0.1) is 11.3 Å². The second kappa shape index (κ2) is 3.91. The van der Waals surface area contributed by atoms with Gasteiger partial charge >= 0.3 is 0 Å². The van der Waals surface area contributed by atoms with E-state index in [9.17, 15) is 0 Å². The highest BCUT2D eigenvalue weighted by Gasteiger charge is 2.01. The summed E-state index contributed by atoms with van der Waals surface area (Å²) in [4.78, 5) is 4.36. The van der Waals surface area contributed by atoms with Gasteiger partial charge in [0.25, 0.3) is 0 Å². The van der Waals surface area contributed by atoms with Crippen LogP contribution in [0, 0.1) is 5.92 Å². The van der Waals surface area contributed by atoms with Gasteiger partial charge in [0.2, 0.25) is 0 Å². The Morgan fingerprint density at radius 2 is 2.36 bits per heavy atom. The number of nitrogens with zero attached hydrogens (tertiary/aromatic N) is 1. The fourth-order valence-electron chi connectivity index (χ4n) is 0.886. The molecule has 0 aliphatic carbocycles. The van der Waals surface area contributed by atoms with Gasteiger partial charge in [-0.3, -0.25) is 0 Å². The molecule has 0 atom stereocenters. The van der Waals surface area contributed by atoms with Crippen molar-refractivity contribution in [3.8, 4) is 0 Å². The molecule has 0 aliphatic rings. The van der Waals surface area contributed by atoms with Crippen molar-refractivity contribution in [2.24, 2.45) is 5.92 Å². The first-order valence-electron chi connectivity index (χ1n) is 3.85. The van der Waals surface area contributed by atoms with Gasteiger partial charge in [-0.05, 0) is 12.2 Å². The zero-order chi connectivity index (χ0) is 8.27. The topological polar surface area (TPSA) is 12.9 Å². The van der Waals surface area contributed by atoms with Crippen LogP contribution in [-0.4, -0.2) is 12.8 Å². The van der Waals surface area contributed by atoms with E-state index in [4.69, 9.17) is 7.85 Å². The van der Waals surface area contributed by atoms with Crippen molar-refractivity contribution in [3.63, 3.8) is 0 Å². The van der Waals surface area contributed by atoms with Crippen LogP contribution in [0.15, 0.2) is 5.38 Å². The maximum absolute atomic E-state index is 5.44. The molecular formula is C8H12BNS. The summed E-state index contributed by atoms with van der Waals surface area (Å²) in [5.41, 5.74) is 1.02. The minimum absolute atomic E-state index is 0.564. The summed E-state index contributed by atoms with van der Waals surface area (Å²) in [5.74, 6) is 0.687. The minimum Gasteiger partial charge on any atom is -0.247 e. The second-order valence-electron chi connectivity index (χ2n) is 3.03. The van der Waals surface area contributed by atoms with Gasteiger partial charge in [-0.2, -0.15) is 0 Å². The number of rotatable bonds is 3. The summed E-state index contributed by atoms with van der Waals surface area (Å²) >= 11 is 1.71. The van der Waals surface area contributed by atoms with Crippen LogP contribution < -0.4 is 0 Å². The molecule has 58 valence electrons. The molecule has 1 rings (SSSR count). The van der Waals surface area contributed by atoms with Gasteiger partial charge in [0.15, 0.2) is 0 Å². The van der Waals surface area contributed by atoms with Crippen molar-refractivity contribution in [3.05, 3.63) is 16.1 Å². The Kier molecular flexibility index (Phi) is 3.12. The van der Waals surface area contributed by atoms with Crippen LogP contribution in [0.4, 0.5) is 0 Å². The summed E-state index contributed by atoms with van der Waals surface area (Å²) in [7, 11) is 5.44. The highest BCUT2D eigenvalue weighted by molar-refractivity contribution is 7.09. The molecule has 0 fully saturated rings. The molecule has 1 aromatic rings. The lowest BCUT2D eigenvalue weighted by molar-refractivity contribution is 0.643. The lowest BCUT2D eigenvalue weighted by Gasteiger charge is -1.98. The van der Waals surface area contributed by atoms with E-state index in [1.807, 2.05) is 5.38 Å². The Morgan fingerprint density at radius 1 is 1.64 bits per heavy atom. The molecule has 0 N–H and O–H groups in total. The summed E-state index contributed by atoms with van der Waals surface area (Å²) in [5, 5.41) is 3.25. The van der Waals surface area contributed by atoms with E-state index in [2.05, 4.69) is 18.8 Å². The molecule has 1 heterocycles. The van der Waals surface area contributed by atoms with Crippen LogP contribution in [0.3, 0.4) is 0 Å². The van der Waals surface area contributed by atoms with Crippen LogP contribution in [0.2, 0.25) is 0 Å². The third-order valence-corrected chi connectivity index (χ3v) is 2.31. The fraction of sp³-hybridized carbons (Fsp3) is 0.625. The molecule has 0 amide bonds. The first-order valence-corrected chi connectivity index (χ1v) is 4.73. The zero-order valence-corrected chi connectivity index (χ0v) is 7.82. The van der Waals surface area contributed by atoms with E-state index >= 15 is 0 Å². The van der Waals surface area contributed by atoms with Crippen LogP contribution in [0.5, 0.6) is 0 Å². The van der Waals surface area contributed by atoms with Crippen molar-refractivity contribution in [2.75, 3.05) is 0 Å². The van der Waals surface area contributed by atoms with Gasteiger partial charge in [0, 0.05) is 17.5 Å². The average Bonchev–Trinajstić information content (AvgIpc) is 2.34. The Morgan fingerprint density at radius 3 is 2.82 bits per heavy atom. The van der Waals surface area contributed by atoms with Gasteiger partial charge in [0.1, 0.15) is 0 Å². The molecule has 11 heavy (non-hydrogen) atoms. The zero-order valence-electron chi connectivity index (χ0n) is 7.00. The Hall–Kier alpha value is -0.305. The number of thiazole rings is 1. The summed E-state index contributed by atoms with van der Waals surface area (Å²) in [6, 6.07) is 0. The van der Waals surface area contributed by atoms with Crippen molar-refractivity contribution in [1.29, 1.82) is 0 Å². The first-order chi connectivity index (χ1) is 5.22. The standard InChI is InChI=1S/C8H12BNS/c1-6(2)3-8-10-7(4-9)5-11-8/h5-6H,3-4H2,1-2H3. The molecule has 0 bridgehead atoms. The highest BCUT2D eigenvalue weighted by Crippen LogP contribution is 2.13. The van der Waals surface area contributed by atoms with Gasteiger partial charge in [0.05, 0.1) is 12.9 Å². The molecule has 0 spiro atoms. The summed E-state index contributed by atoms with van der Waals surface area (Å²) in [6.45, 7) is 4.40. The molecule has 0 saturated heterocycles. The third-order valence-electron chi connectivity index (χ3n) is 1.39. The van der Waals surface area contributed by atoms with E-state index < -0.39 is 0 Å². The smallest absolute Gasteiger partial charge is 0.0930 e. The van der Waals surface area contributed by atoms with Crippen molar-refractivity contribution >= 4 is 19.2 Å². The molecule has 0 aliphatic heterocycles. The molecule has 3 heteroatoms. The quantitative estimate of drug-likeness (QED) is 0.624. The maximum Gasteiger partial charge on any atom is 0.0930 e.